The van der Waals surface area contributed by atoms with Crippen LogP contribution in [0.3, 0.4) is 0 Å². The maximum absolute atomic E-state index is 10.3. The Morgan fingerprint density at radius 1 is 1.64 bits per heavy atom. The largest absolute Gasteiger partial charge is 0.370 e. The smallest absolute Gasteiger partial charge is 0.243 e. The third-order valence-electron chi connectivity index (χ3n) is 1.23. The van der Waals surface area contributed by atoms with Crippen LogP contribution in [0.4, 0.5) is 5.82 Å². The highest BCUT2D eigenvalue weighted by atomic mass is 35.5. The summed E-state index contributed by atoms with van der Waals surface area (Å²) in [4.78, 5) is 10.3. The van der Waals surface area contributed by atoms with E-state index in [0.29, 0.717) is 24.1 Å². The molecule has 0 aliphatic carbocycles. The van der Waals surface area contributed by atoms with Crippen LogP contribution in [0.2, 0.25) is 5.15 Å². The van der Waals surface area contributed by atoms with Crippen LogP contribution in [0, 0.1) is 0 Å². The highest BCUT2D eigenvalue weighted by Crippen LogP contribution is 2.16. The van der Waals surface area contributed by atoms with Gasteiger partial charge in [0, 0.05) is 6.54 Å². The highest BCUT2D eigenvalue weighted by Gasteiger charge is 2.03. The zero-order valence-electron chi connectivity index (χ0n) is 7.20. The summed E-state index contributed by atoms with van der Waals surface area (Å²) in [7, 11) is 0. The van der Waals surface area contributed by atoms with E-state index in [1.54, 1.807) is 0 Å². The topological polar surface area (TPSA) is 90.1 Å². The third-order valence-corrected chi connectivity index (χ3v) is 2.12. The van der Waals surface area contributed by atoms with E-state index in [4.69, 9.17) is 22.1 Å². The van der Waals surface area contributed by atoms with Crippen LogP contribution in [-0.4, -0.2) is 34.4 Å². The third kappa shape index (κ3) is 3.86. The molecule has 0 atom stereocenters. The van der Waals surface area contributed by atoms with E-state index >= 15 is 0 Å². The van der Waals surface area contributed by atoms with Gasteiger partial charge in [-0.05, 0) is 0 Å². The van der Waals surface area contributed by atoms with Gasteiger partial charge in [0.05, 0.1) is 18.3 Å². The molecule has 0 aliphatic heterocycles. The summed E-state index contributed by atoms with van der Waals surface area (Å²) in [5.41, 5.74) is 4.87. The number of rotatable bonds is 6. The van der Waals surface area contributed by atoms with Crippen molar-refractivity contribution in [1.82, 2.24) is 8.75 Å². The number of nitrogens with two attached hydrogens (primary N) is 1. The van der Waals surface area contributed by atoms with Crippen LogP contribution in [0.25, 0.3) is 0 Å². The molecule has 0 saturated carbocycles. The van der Waals surface area contributed by atoms with E-state index in [9.17, 15) is 4.79 Å². The van der Waals surface area contributed by atoms with Gasteiger partial charge in [-0.1, -0.05) is 11.6 Å². The number of anilines is 1. The molecule has 3 N–H and O–H groups in total. The number of carbonyl (C=O) groups excluding carboxylic acids is 1. The molecule has 1 aromatic heterocycles. The fraction of sp³-hybridized carbons (Fsp3) is 0.500. The van der Waals surface area contributed by atoms with Crippen LogP contribution in [0.1, 0.15) is 0 Å². The Hall–Kier alpha value is -0.920. The monoisotopic (exact) mass is 236 g/mol. The van der Waals surface area contributed by atoms with Crippen molar-refractivity contribution >= 4 is 35.1 Å². The number of aromatic nitrogens is 2. The molecule has 0 saturated heterocycles. The van der Waals surface area contributed by atoms with Gasteiger partial charge in [0.2, 0.25) is 5.91 Å². The number of ether oxygens (including phenoxy) is 1. The molecule has 0 spiro atoms. The van der Waals surface area contributed by atoms with Gasteiger partial charge in [0.15, 0.2) is 11.0 Å². The zero-order valence-corrected chi connectivity index (χ0v) is 8.77. The second-order valence-electron chi connectivity index (χ2n) is 2.35. The number of halogens is 1. The Kier molecular flexibility index (Phi) is 4.57. The Morgan fingerprint density at radius 3 is 3.00 bits per heavy atom. The second-order valence-corrected chi connectivity index (χ2v) is 3.24. The molecule has 8 heteroatoms. The lowest BCUT2D eigenvalue weighted by molar-refractivity contribution is -0.122. The summed E-state index contributed by atoms with van der Waals surface area (Å²) in [5, 5.41) is 3.23. The van der Waals surface area contributed by atoms with Crippen LogP contribution in [0.15, 0.2) is 0 Å². The maximum atomic E-state index is 10.3. The lowest BCUT2D eigenvalue weighted by atomic mass is 10.6. The van der Waals surface area contributed by atoms with E-state index in [2.05, 4.69) is 14.1 Å². The summed E-state index contributed by atoms with van der Waals surface area (Å²) in [6, 6.07) is 0. The number of hydrogen-bond donors (Lipinski definition) is 2. The van der Waals surface area contributed by atoms with Crippen LogP contribution >= 0.6 is 23.3 Å². The van der Waals surface area contributed by atoms with Crippen molar-refractivity contribution in [2.45, 2.75) is 0 Å². The predicted molar refractivity (Wildman–Crippen MR) is 53.4 cm³/mol. The molecule has 6 nitrogen and oxygen atoms in total. The Balaban J connectivity index is 2.10. The predicted octanol–water partition coefficient (Wildman–Crippen LogP) is 0.105. The fourth-order valence-electron chi connectivity index (χ4n) is 0.698. The Bertz CT molecular complexity index is 306. The van der Waals surface area contributed by atoms with Gasteiger partial charge in [-0.3, -0.25) is 4.79 Å². The van der Waals surface area contributed by atoms with Crippen molar-refractivity contribution in [3.8, 4) is 0 Å². The first-order valence-electron chi connectivity index (χ1n) is 3.78. The van der Waals surface area contributed by atoms with Gasteiger partial charge < -0.3 is 15.8 Å². The molecule has 1 amide bonds. The average Bonchev–Trinajstić information content (AvgIpc) is 2.51. The summed E-state index contributed by atoms with van der Waals surface area (Å²) < 4.78 is 12.6. The zero-order chi connectivity index (χ0) is 10.4. The molecule has 0 fully saturated rings. The minimum absolute atomic E-state index is 0.0786. The highest BCUT2D eigenvalue weighted by molar-refractivity contribution is 6.99. The summed E-state index contributed by atoms with van der Waals surface area (Å²) in [6.45, 7) is 0.778. The summed E-state index contributed by atoms with van der Waals surface area (Å²) in [5.74, 6) is 0.0395. The standard InChI is InChI=1S/C6H9ClN4O2S/c7-5-6(11-14-10-5)9-1-2-13-3-4(8)12/h1-3H2,(H2,8,12)(H,9,11). The maximum Gasteiger partial charge on any atom is 0.243 e. The fourth-order valence-corrected chi connectivity index (χ4v) is 1.38. The molecule has 0 aliphatic rings. The van der Waals surface area contributed by atoms with Crippen LogP contribution < -0.4 is 11.1 Å². The Labute approximate surface area is 89.7 Å². The molecule has 1 heterocycles. The molecule has 0 radical (unpaired) electrons. The van der Waals surface area contributed by atoms with E-state index < -0.39 is 5.91 Å². The molecule has 1 rings (SSSR count). The van der Waals surface area contributed by atoms with E-state index in [1.807, 2.05) is 0 Å². The molecule has 14 heavy (non-hydrogen) atoms. The van der Waals surface area contributed by atoms with Crippen molar-refractivity contribution in [1.29, 1.82) is 0 Å². The van der Waals surface area contributed by atoms with Crippen LogP contribution in [0.5, 0.6) is 0 Å². The molecule has 0 aromatic carbocycles. The number of nitrogens with one attached hydrogen (secondary N) is 1. The summed E-state index contributed by atoms with van der Waals surface area (Å²) >= 11 is 6.69. The van der Waals surface area contributed by atoms with Gasteiger partial charge in [-0.25, -0.2) is 0 Å². The van der Waals surface area contributed by atoms with Crippen molar-refractivity contribution in [2.75, 3.05) is 25.1 Å². The van der Waals surface area contributed by atoms with E-state index in [-0.39, 0.29) is 6.61 Å². The van der Waals surface area contributed by atoms with Crippen molar-refractivity contribution in [3.05, 3.63) is 5.15 Å². The van der Waals surface area contributed by atoms with Crippen molar-refractivity contribution < 1.29 is 9.53 Å². The van der Waals surface area contributed by atoms with Gasteiger partial charge in [0.25, 0.3) is 0 Å². The number of primary amides is 1. The normalized spacial score (nSPS) is 10.1. The van der Waals surface area contributed by atoms with Gasteiger partial charge in [-0.2, -0.15) is 8.75 Å². The minimum Gasteiger partial charge on any atom is -0.370 e. The summed E-state index contributed by atoms with van der Waals surface area (Å²) in [6.07, 6.45) is 0. The first-order chi connectivity index (χ1) is 6.70. The first-order valence-corrected chi connectivity index (χ1v) is 4.89. The number of carbonyl (C=O) groups is 1. The lowest BCUT2D eigenvalue weighted by Crippen LogP contribution is -2.20. The van der Waals surface area contributed by atoms with Crippen LogP contribution in [-0.2, 0) is 9.53 Å². The van der Waals surface area contributed by atoms with Crippen molar-refractivity contribution in [2.24, 2.45) is 5.73 Å². The molecule has 1 aromatic rings. The number of hydrogen-bond acceptors (Lipinski definition) is 6. The quantitative estimate of drug-likeness (QED) is 0.684. The number of amides is 1. The second kappa shape index (κ2) is 5.74. The molecule has 0 unspecified atom stereocenters. The first kappa shape index (κ1) is 11.2. The minimum atomic E-state index is -0.488. The molecule has 78 valence electrons. The van der Waals surface area contributed by atoms with Gasteiger partial charge in [0.1, 0.15) is 6.61 Å². The van der Waals surface area contributed by atoms with Crippen molar-refractivity contribution in [3.63, 3.8) is 0 Å². The van der Waals surface area contributed by atoms with E-state index in [0.717, 1.165) is 11.7 Å². The van der Waals surface area contributed by atoms with Gasteiger partial charge >= 0.3 is 0 Å². The lowest BCUT2D eigenvalue weighted by Gasteiger charge is -2.02. The molecule has 0 bridgehead atoms. The average molecular weight is 237 g/mol. The Morgan fingerprint density at radius 2 is 2.43 bits per heavy atom. The number of nitrogens with zero attached hydrogens (tertiary/aromatic N) is 2. The molecular formula is C6H9ClN4O2S. The van der Waals surface area contributed by atoms with E-state index in [1.165, 1.54) is 0 Å². The SMILES string of the molecule is NC(=O)COCCNc1nsnc1Cl. The molecular weight excluding hydrogens is 228 g/mol. The van der Waals surface area contributed by atoms with Gasteiger partial charge in [-0.15, -0.1) is 0 Å².